The summed E-state index contributed by atoms with van der Waals surface area (Å²) in [7, 11) is 0. The molecule has 0 saturated carbocycles. The minimum Gasteiger partial charge on any atom is -0.444 e. The molecular weight excluding hydrogens is 192 g/mol. The normalized spacial score (nSPS) is 25.7. The van der Waals surface area contributed by atoms with Gasteiger partial charge in [0.05, 0.1) is 0 Å². The highest BCUT2D eigenvalue weighted by Gasteiger charge is 2.31. The van der Waals surface area contributed by atoms with E-state index in [1.54, 1.807) is 4.90 Å². The van der Waals surface area contributed by atoms with Crippen LogP contribution in [0.4, 0.5) is 4.79 Å². The number of amides is 1. The molecule has 1 N–H and O–H groups in total. The van der Waals surface area contributed by atoms with Gasteiger partial charge in [0.25, 0.3) is 0 Å². The smallest absolute Gasteiger partial charge is 0.410 e. The first-order valence-electron chi connectivity index (χ1n) is 6.83. The number of ether oxygens (including phenoxy) is 1. The van der Waals surface area contributed by atoms with Gasteiger partial charge in [0, 0.05) is 23.2 Å². The second-order valence-corrected chi connectivity index (χ2v) is 4.85. The molecule has 0 bridgehead atoms. The summed E-state index contributed by atoms with van der Waals surface area (Å²) in [5.74, 6) is 0. The Morgan fingerprint density at radius 3 is 3.00 bits per heavy atom. The van der Waals surface area contributed by atoms with Crippen LogP contribution in [0, 0.1) is 0 Å². The van der Waals surface area contributed by atoms with Gasteiger partial charge in [0.2, 0.25) is 0 Å². The molecule has 0 aromatic rings. The number of likely N-dealkylation sites (N-methyl/N-ethyl adjacent to an activating group) is 1. The van der Waals surface area contributed by atoms with E-state index in [9.17, 15) is 4.79 Å². The maximum Gasteiger partial charge on any atom is 0.410 e. The van der Waals surface area contributed by atoms with E-state index >= 15 is 0 Å². The van der Waals surface area contributed by atoms with E-state index in [0.717, 1.165) is 12.8 Å². The predicted octanol–water partition coefficient (Wildman–Crippen LogP) is 1.61. The summed E-state index contributed by atoms with van der Waals surface area (Å²) in [4.78, 5) is 13.5. The average molecular weight is 217 g/mol. The Morgan fingerprint density at radius 2 is 2.40 bits per heavy atom. The molecule has 0 aromatic heterocycles. The van der Waals surface area contributed by atoms with Crippen LogP contribution >= 0.6 is 0 Å². The highest BCUT2D eigenvalue weighted by molar-refractivity contribution is 5.69. The van der Waals surface area contributed by atoms with Crippen molar-refractivity contribution in [1.82, 2.24) is 10.2 Å². The number of carbonyl (C=O) groups is 1. The quantitative estimate of drug-likeness (QED) is 0.764. The number of nitrogens with one attached hydrogen (secondary N) is 1. The summed E-state index contributed by atoms with van der Waals surface area (Å²) in [5, 5.41) is 2.46. The Hall–Kier alpha value is -0.770. The molecule has 0 aromatic carbocycles. The molecule has 15 heavy (non-hydrogen) atoms. The molecule has 0 radical (unpaired) electrons. The van der Waals surface area contributed by atoms with Crippen LogP contribution in [-0.4, -0.2) is 42.7 Å². The van der Waals surface area contributed by atoms with Crippen molar-refractivity contribution in [3.8, 4) is 0 Å². The molecule has 1 aliphatic heterocycles. The third kappa shape index (κ3) is 3.70. The van der Waals surface area contributed by atoms with E-state index in [1.165, 1.54) is 0 Å². The summed E-state index contributed by atoms with van der Waals surface area (Å²) in [6, 6.07) is -0.0970. The predicted molar refractivity (Wildman–Crippen MR) is 59.9 cm³/mol. The van der Waals surface area contributed by atoms with Crippen molar-refractivity contribution in [1.29, 1.82) is 0 Å². The van der Waals surface area contributed by atoms with Gasteiger partial charge >= 0.3 is 6.09 Å². The average Bonchev–Trinajstić information content (AvgIpc) is 2.58. The summed E-state index contributed by atoms with van der Waals surface area (Å²) in [5.41, 5.74) is -0.526. The number of carbonyl (C=O) groups excluding carboxylic acids is 1. The number of likely N-dealkylation sites (tertiary alicyclic amines) is 1. The molecule has 1 rings (SSSR count). The fourth-order valence-corrected chi connectivity index (χ4v) is 1.73. The SMILES string of the molecule is [2H]C([2H])([2H])NC[C@@H]1CCCN1C(=O)OC(C)(C)C. The van der Waals surface area contributed by atoms with Gasteiger partial charge in [-0.1, -0.05) is 0 Å². The molecule has 1 atom stereocenters. The molecule has 1 heterocycles. The van der Waals surface area contributed by atoms with E-state index < -0.39 is 12.6 Å². The number of nitrogens with zero attached hydrogens (tertiary/aromatic N) is 1. The fourth-order valence-electron chi connectivity index (χ4n) is 1.73. The van der Waals surface area contributed by atoms with Crippen molar-refractivity contribution >= 4 is 6.09 Å². The molecule has 4 nitrogen and oxygen atoms in total. The van der Waals surface area contributed by atoms with Crippen molar-refractivity contribution in [3.63, 3.8) is 0 Å². The number of rotatable bonds is 2. The first kappa shape index (κ1) is 8.39. The minimum atomic E-state index is -2.16. The van der Waals surface area contributed by atoms with Crippen LogP contribution in [0.1, 0.15) is 37.7 Å². The van der Waals surface area contributed by atoms with Gasteiger partial charge in [-0.05, 0) is 40.6 Å². The van der Waals surface area contributed by atoms with Crippen molar-refractivity contribution in [3.05, 3.63) is 0 Å². The van der Waals surface area contributed by atoms with Gasteiger partial charge in [-0.2, -0.15) is 0 Å². The fraction of sp³-hybridized carbons (Fsp3) is 0.909. The summed E-state index contributed by atoms with van der Waals surface area (Å²) < 4.78 is 26.6. The van der Waals surface area contributed by atoms with Crippen LogP contribution in [0.5, 0.6) is 0 Å². The minimum absolute atomic E-state index is 0.0970. The monoisotopic (exact) mass is 217 g/mol. The van der Waals surface area contributed by atoms with Gasteiger partial charge in [-0.3, -0.25) is 0 Å². The lowest BCUT2D eigenvalue weighted by Crippen LogP contribution is -2.43. The van der Waals surface area contributed by atoms with Gasteiger partial charge in [0.15, 0.2) is 0 Å². The third-order valence-electron chi connectivity index (χ3n) is 2.34. The lowest BCUT2D eigenvalue weighted by molar-refractivity contribution is 0.0228. The van der Waals surface area contributed by atoms with Crippen LogP contribution in [0.15, 0.2) is 0 Å². The Bertz CT molecular complexity index is 300. The molecule has 1 amide bonds. The van der Waals surface area contributed by atoms with Crippen molar-refractivity contribution in [2.45, 2.75) is 45.3 Å². The van der Waals surface area contributed by atoms with E-state index in [2.05, 4.69) is 5.32 Å². The largest absolute Gasteiger partial charge is 0.444 e. The van der Waals surface area contributed by atoms with E-state index in [-0.39, 0.29) is 18.7 Å². The van der Waals surface area contributed by atoms with Crippen LogP contribution in [-0.2, 0) is 4.74 Å². The van der Waals surface area contributed by atoms with Crippen LogP contribution in [0.2, 0.25) is 0 Å². The molecule has 4 heteroatoms. The molecular formula is C11H22N2O2. The topological polar surface area (TPSA) is 41.6 Å². The van der Waals surface area contributed by atoms with Crippen LogP contribution in [0.3, 0.4) is 0 Å². The van der Waals surface area contributed by atoms with Crippen molar-refractivity contribution < 1.29 is 13.6 Å². The summed E-state index contributed by atoms with van der Waals surface area (Å²) in [6.45, 7) is 4.18. The molecule has 0 aliphatic carbocycles. The zero-order chi connectivity index (χ0) is 14.0. The Kier molecular flexibility index (Phi) is 2.70. The van der Waals surface area contributed by atoms with Crippen molar-refractivity contribution in [2.24, 2.45) is 0 Å². The van der Waals surface area contributed by atoms with Crippen LogP contribution in [0.25, 0.3) is 0 Å². The highest BCUT2D eigenvalue weighted by atomic mass is 16.6. The molecule has 1 fully saturated rings. The molecule has 1 saturated heterocycles. The molecule has 88 valence electrons. The summed E-state index contributed by atoms with van der Waals surface area (Å²) >= 11 is 0. The van der Waals surface area contributed by atoms with Gasteiger partial charge in [-0.15, -0.1) is 0 Å². The maximum absolute atomic E-state index is 11.9. The number of hydrogen-bond acceptors (Lipinski definition) is 3. The third-order valence-corrected chi connectivity index (χ3v) is 2.34. The second-order valence-electron chi connectivity index (χ2n) is 4.85. The lowest BCUT2D eigenvalue weighted by Gasteiger charge is -2.28. The number of hydrogen-bond donors (Lipinski definition) is 1. The van der Waals surface area contributed by atoms with E-state index in [1.807, 2.05) is 20.8 Å². The first-order valence-corrected chi connectivity index (χ1v) is 5.33. The van der Waals surface area contributed by atoms with Gasteiger partial charge in [-0.25, -0.2) is 4.79 Å². The Labute approximate surface area is 96.2 Å². The van der Waals surface area contributed by atoms with Gasteiger partial charge < -0.3 is 15.0 Å². The highest BCUT2D eigenvalue weighted by Crippen LogP contribution is 2.20. The first-order chi connectivity index (χ1) is 8.08. The lowest BCUT2D eigenvalue weighted by atomic mass is 10.2. The van der Waals surface area contributed by atoms with Crippen molar-refractivity contribution in [2.75, 3.05) is 20.1 Å². The van der Waals surface area contributed by atoms with Gasteiger partial charge in [0.1, 0.15) is 5.60 Å². The zero-order valence-corrected chi connectivity index (χ0v) is 9.67. The van der Waals surface area contributed by atoms with E-state index in [4.69, 9.17) is 8.85 Å². The Balaban J connectivity index is 2.51. The van der Waals surface area contributed by atoms with Crippen LogP contribution < -0.4 is 5.32 Å². The molecule has 0 unspecified atom stereocenters. The zero-order valence-electron chi connectivity index (χ0n) is 12.7. The maximum atomic E-state index is 11.9. The molecule has 1 aliphatic rings. The second kappa shape index (κ2) is 4.84. The summed E-state index contributed by atoms with van der Waals surface area (Å²) in [6.07, 6.45) is 1.33. The van der Waals surface area contributed by atoms with E-state index in [0.29, 0.717) is 6.54 Å². The Morgan fingerprint density at radius 1 is 1.67 bits per heavy atom. The molecule has 0 spiro atoms. The standard InChI is InChI=1S/C11H22N2O2/c1-11(2,3)15-10(14)13-7-5-6-9(13)8-12-4/h9,12H,5-8H2,1-4H3/t9-/m0/s1/i4D3.